The number of carbonyl (C=O) groups is 1. The molecule has 4 aliphatic heterocycles. The van der Waals surface area contributed by atoms with Crippen LogP contribution in [-0.4, -0.2) is 101 Å². The van der Waals surface area contributed by atoms with E-state index in [4.69, 9.17) is 22.3 Å². The minimum absolute atomic E-state index is 0.0126. The summed E-state index contributed by atoms with van der Waals surface area (Å²) < 4.78 is 2.95. The van der Waals surface area contributed by atoms with Gasteiger partial charge in [-0.05, 0) is 31.5 Å². The van der Waals surface area contributed by atoms with Gasteiger partial charge in [0.1, 0.15) is 5.82 Å². The van der Waals surface area contributed by atoms with Crippen LogP contribution in [0.15, 0.2) is 34.0 Å². The number of rotatable bonds is 7. The second-order valence-corrected chi connectivity index (χ2v) is 15.1. The highest BCUT2D eigenvalue weighted by Gasteiger charge is 2.37. The summed E-state index contributed by atoms with van der Waals surface area (Å²) in [5.41, 5.74) is 9.47. The number of thioether (sulfide) groups is 1. The monoisotopic (exact) mass is 664 g/mol. The number of anilines is 2. The number of nitrogens with one attached hydrogen (secondary N) is 1. The summed E-state index contributed by atoms with van der Waals surface area (Å²) in [6.45, 7) is 10.3. The minimum Gasteiger partial charge on any atom is -0.375 e. The molecule has 236 valence electrons. The number of piperazine rings is 1. The summed E-state index contributed by atoms with van der Waals surface area (Å²) in [6.07, 6.45) is 1.52. The van der Waals surface area contributed by atoms with Crippen molar-refractivity contribution in [3.8, 4) is 11.1 Å². The number of nitrogens with zero attached hydrogens (tertiary/aromatic N) is 6. The van der Waals surface area contributed by atoms with Gasteiger partial charge in [-0.15, -0.1) is 11.8 Å². The third kappa shape index (κ3) is 5.33. The Morgan fingerprint density at radius 2 is 1.87 bits per heavy atom. The molecule has 0 radical (unpaired) electrons. The highest BCUT2D eigenvalue weighted by molar-refractivity contribution is 7.99. The molecule has 10 nitrogen and oxygen atoms in total. The first kappa shape index (κ1) is 29.6. The minimum atomic E-state index is -0.221. The van der Waals surface area contributed by atoms with Gasteiger partial charge in [0.05, 0.1) is 32.8 Å². The quantitative estimate of drug-likeness (QED) is 0.281. The molecule has 0 saturated carbocycles. The number of fused-ring (bicyclic) bond motifs is 1. The Morgan fingerprint density at radius 1 is 1.11 bits per heavy atom. The van der Waals surface area contributed by atoms with Gasteiger partial charge in [-0.25, -0.2) is 9.78 Å². The number of benzene rings is 2. The summed E-state index contributed by atoms with van der Waals surface area (Å²) in [7, 11) is 0. The van der Waals surface area contributed by atoms with Gasteiger partial charge in [0, 0.05) is 85.4 Å². The molecule has 8 rings (SSSR count). The van der Waals surface area contributed by atoms with Crippen LogP contribution < -0.4 is 21.6 Å². The average molecular weight is 665 g/mol. The van der Waals surface area contributed by atoms with Crippen molar-refractivity contribution in [1.29, 1.82) is 0 Å². The van der Waals surface area contributed by atoms with Crippen molar-refractivity contribution in [1.82, 2.24) is 29.7 Å². The van der Waals surface area contributed by atoms with E-state index in [9.17, 15) is 9.59 Å². The van der Waals surface area contributed by atoms with Crippen LogP contribution in [0.25, 0.3) is 32.2 Å². The molecule has 0 spiro atoms. The SMILES string of the molecule is CCN1CCN(C[C@H]2CSc3c(-c4cccc5sc(N)nc45)c(Cl)cc4c(N5CCC(C(=O)C6CN6)CC5)nc(=O)n2c34)CC1. The first-order valence-electron chi connectivity index (χ1n) is 15.9. The molecule has 4 aliphatic rings. The summed E-state index contributed by atoms with van der Waals surface area (Å²) in [5.74, 6) is 1.80. The van der Waals surface area contributed by atoms with E-state index in [1.807, 2.05) is 28.8 Å². The Labute approximate surface area is 274 Å². The smallest absolute Gasteiger partial charge is 0.350 e. The van der Waals surface area contributed by atoms with Gasteiger partial charge in [0.25, 0.3) is 0 Å². The van der Waals surface area contributed by atoms with Gasteiger partial charge in [-0.1, -0.05) is 42.0 Å². The van der Waals surface area contributed by atoms with E-state index in [-0.39, 0.29) is 23.7 Å². The number of thiazole rings is 1. The maximum absolute atomic E-state index is 14.1. The average Bonchev–Trinajstić information content (AvgIpc) is 3.83. The van der Waals surface area contributed by atoms with Gasteiger partial charge in [0.2, 0.25) is 0 Å². The number of aromatic nitrogens is 3. The van der Waals surface area contributed by atoms with E-state index in [2.05, 4.69) is 31.9 Å². The lowest BCUT2D eigenvalue weighted by Crippen LogP contribution is -2.49. The van der Waals surface area contributed by atoms with Gasteiger partial charge >= 0.3 is 5.69 Å². The molecule has 0 bridgehead atoms. The zero-order valence-electron chi connectivity index (χ0n) is 25.3. The largest absolute Gasteiger partial charge is 0.375 e. The van der Waals surface area contributed by atoms with Crippen LogP contribution in [0.3, 0.4) is 0 Å². The Hall–Kier alpha value is -2.74. The standard InChI is InChI=1S/C32H37ClN8O2S2/c1-2-38-10-12-39(13-11-38)16-19-17-44-29-25(20-4-3-5-24-26(20)36-31(34)45-24)22(33)14-21-27(29)41(19)32(43)37-30(21)40-8-6-18(7-9-40)28(42)23-15-35-23/h3-5,14,18-19,23,35H,2,6-13,15-17H2,1H3,(H2,34,36)/t19-,23?/m0/s1. The molecule has 2 aromatic carbocycles. The van der Waals surface area contributed by atoms with Crippen LogP contribution >= 0.6 is 34.7 Å². The Morgan fingerprint density at radius 3 is 2.60 bits per heavy atom. The zero-order chi connectivity index (χ0) is 30.8. The lowest BCUT2D eigenvalue weighted by atomic mass is 9.90. The second kappa shape index (κ2) is 11.8. The molecule has 2 aromatic heterocycles. The maximum atomic E-state index is 14.1. The molecule has 13 heteroatoms. The fourth-order valence-corrected chi connectivity index (χ4v) is 9.81. The number of halogens is 1. The molecule has 4 aromatic rings. The third-order valence-corrected chi connectivity index (χ3v) is 12.3. The zero-order valence-corrected chi connectivity index (χ0v) is 27.7. The Kier molecular flexibility index (Phi) is 7.78. The normalized spacial score (nSPS) is 22.8. The van der Waals surface area contributed by atoms with Crippen LogP contribution in [0.4, 0.5) is 10.9 Å². The van der Waals surface area contributed by atoms with Crippen molar-refractivity contribution in [2.75, 3.05) is 75.3 Å². The molecule has 3 saturated heterocycles. The van der Waals surface area contributed by atoms with E-state index in [0.717, 1.165) is 102 Å². The van der Waals surface area contributed by atoms with Crippen LogP contribution in [0.5, 0.6) is 0 Å². The molecular weight excluding hydrogens is 628 g/mol. The fourth-order valence-electron chi connectivity index (χ4n) is 7.36. The highest BCUT2D eigenvalue weighted by atomic mass is 35.5. The van der Waals surface area contributed by atoms with Crippen LogP contribution in [0.2, 0.25) is 5.02 Å². The number of nitrogen functional groups attached to an aromatic ring is 1. The van der Waals surface area contributed by atoms with Crippen LogP contribution in [0, 0.1) is 5.92 Å². The van der Waals surface area contributed by atoms with Crippen molar-refractivity contribution in [3.63, 3.8) is 0 Å². The lowest BCUT2D eigenvalue weighted by molar-refractivity contribution is -0.122. The number of hydrogen-bond acceptors (Lipinski definition) is 11. The molecule has 1 unspecified atom stereocenters. The Balaban J connectivity index is 1.24. The Bertz CT molecular complexity index is 1860. The predicted molar refractivity (Wildman–Crippen MR) is 184 cm³/mol. The number of carbonyl (C=O) groups excluding carboxylic acids is 1. The molecule has 2 atom stereocenters. The highest BCUT2D eigenvalue weighted by Crippen LogP contribution is 2.49. The summed E-state index contributed by atoms with van der Waals surface area (Å²) >= 11 is 10.5. The number of ketones is 1. The maximum Gasteiger partial charge on any atom is 0.350 e. The first-order chi connectivity index (χ1) is 21.9. The van der Waals surface area contributed by atoms with Gasteiger partial charge in [-0.3, -0.25) is 14.3 Å². The second-order valence-electron chi connectivity index (χ2n) is 12.6. The summed E-state index contributed by atoms with van der Waals surface area (Å²) in [4.78, 5) is 44.5. The van der Waals surface area contributed by atoms with E-state index < -0.39 is 0 Å². The number of Topliss-reactive ketones (excluding diaryl/α,β-unsaturated/α-hetero) is 1. The van der Waals surface area contributed by atoms with E-state index in [0.29, 0.717) is 34.8 Å². The van der Waals surface area contributed by atoms with Crippen LogP contribution in [-0.2, 0) is 4.79 Å². The molecular formula is C32H37ClN8O2S2. The summed E-state index contributed by atoms with van der Waals surface area (Å²) in [5, 5.41) is 5.17. The van der Waals surface area contributed by atoms with E-state index in [1.54, 1.807) is 11.8 Å². The lowest BCUT2D eigenvalue weighted by Gasteiger charge is -2.38. The fraction of sp³-hybridized carbons (Fsp3) is 0.500. The van der Waals surface area contributed by atoms with Crippen molar-refractivity contribution >= 4 is 72.6 Å². The molecule has 6 heterocycles. The summed E-state index contributed by atoms with van der Waals surface area (Å²) in [6, 6.07) is 8.10. The van der Waals surface area contributed by atoms with Crippen molar-refractivity contribution in [3.05, 3.63) is 39.8 Å². The van der Waals surface area contributed by atoms with Gasteiger partial charge in [0.15, 0.2) is 10.9 Å². The number of para-hydroxylation sites is 1. The topological polar surface area (TPSA) is 123 Å². The number of piperidine rings is 1. The number of hydrogen-bond donors (Lipinski definition) is 2. The molecule has 3 N–H and O–H groups in total. The number of nitrogens with two attached hydrogens (primary N) is 1. The van der Waals surface area contributed by atoms with E-state index in [1.165, 1.54) is 11.3 Å². The van der Waals surface area contributed by atoms with Gasteiger partial charge < -0.3 is 20.9 Å². The van der Waals surface area contributed by atoms with E-state index >= 15 is 0 Å². The van der Waals surface area contributed by atoms with Crippen LogP contribution in [0.1, 0.15) is 25.8 Å². The predicted octanol–water partition coefficient (Wildman–Crippen LogP) is 3.95. The molecule has 0 amide bonds. The third-order valence-electron chi connectivity index (χ3n) is 9.92. The molecule has 45 heavy (non-hydrogen) atoms. The first-order valence-corrected chi connectivity index (χ1v) is 18.1. The van der Waals surface area contributed by atoms with Crippen molar-refractivity contribution in [2.45, 2.75) is 36.7 Å². The molecule has 0 aliphatic carbocycles. The number of likely N-dealkylation sites (N-methyl/N-ethyl adjacent to an activating group) is 1. The van der Waals surface area contributed by atoms with Gasteiger partial charge in [-0.2, -0.15) is 4.98 Å². The molecule has 3 fully saturated rings. The van der Waals surface area contributed by atoms with Crippen molar-refractivity contribution < 1.29 is 4.79 Å². The van der Waals surface area contributed by atoms with Crippen molar-refractivity contribution in [2.24, 2.45) is 5.92 Å².